The third kappa shape index (κ3) is 3.09. The molecule has 1 aliphatic rings. The van der Waals surface area contributed by atoms with E-state index in [0.717, 1.165) is 32.6 Å². The second-order valence-electron chi connectivity index (χ2n) is 3.50. The number of nitrogens with two attached hydrogens (primary N) is 1. The van der Waals surface area contributed by atoms with Crippen molar-refractivity contribution in [1.82, 2.24) is 10.2 Å². The van der Waals surface area contributed by atoms with Crippen LogP contribution in [0, 0.1) is 0 Å². The van der Waals surface area contributed by atoms with Crippen molar-refractivity contribution in [3.63, 3.8) is 0 Å². The second-order valence-corrected chi connectivity index (χ2v) is 3.50. The van der Waals surface area contributed by atoms with Gasteiger partial charge in [0.25, 0.3) is 0 Å². The SMILES string of the molecule is CCCCC(N)N1CCNCC1. The van der Waals surface area contributed by atoms with Crippen LogP contribution in [0.15, 0.2) is 0 Å². The number of nitrogens with one attached hydrogen (secondary N) is 1. The highest BCUT2D eigenvalue weighted by atomic mass is 15.3. The molecule has 0 aromatic heterocycles. The van der Waals surface area contributed by atoms with Gasteiger partial charge in [-0.2, -0.15) is 0 Å². The molecule has 1 aliphatic heterocycles. The fourth-order valence-electron chi connectivity index (χ4n) is 1.61. The van der Waals surface area contributed by atoms with Gasteiger partial charge in [-0.1, -0.05) is 19.8 Å². The summed E-state index contributed by atoms with van der Waals surface area (Å²) < 4.78 is 0. The van der Waals surface area contributed by atoms with Crippen LogP contribution in [0.5, 0.6) is 0 Å². The molecule has 0 spiro atoms. The Balaban J connectivity index is 2.15. The summed E-state index contributed by atoms with van der Waals surface area (Å²) >= 11 is 0. The lowest BCUT2D eigenvalue weighted by Crippen LogP contribution is -2.51. The minimum absolute atomic E-state index is 0.298. The van der Waals surface area contributed by atoms with Gasteiger partial charge in [0.2, 0.25) is 0 Å². The minimum Gasteiger partial charge on any atom is -0.316 e. The van der Waals surface area contributed by atoms with Gasteiger partial charge in [0.1, 0.15) is 0 Å². The van der Waals surface area contributed by atoms with Crippen LogP contribution in [-0.2, 0) is 0 Å². The number of unbranched alkanes of at least 4 members (excludes halogenated alkanes) is 1. The van der Waals surface area contributed by atoms with E-state index in [4.69, 9.17) is 5.73 Å². The van der Waals surface area contributed by atoms with Crippen LogP contribution in [0.4, 0.5) is 0 Å². The molecule has 0 saturated carbocycles. The first kappa shape index (κ1) is 9.96. The largest absolute Gasteiger partial charge is 0.316 e. The maximum absolute atomic E-state index is 6.03. The Labute approximate surface area is 75.3 Å². The fourth-order valence-corrected chi connectivity index (χ4v) is 1.61. The Morgan fingerprint density at radius 1 is 1.42 bits per heavy atom. The normalized spacial score (nSPS) is 22.5. The average molecular weight is 171 g/mol. The highest BCUT2D eigenvalue weighted by molar-refractivity contribution is 4.72. The zero-order valence-corrected chi connectivity index (χ0v) is 8.05. The van der Waals surface area contributed by atoms with Crippen LogP contribution in [0.25, 0.3) is 0 Å². The smallest absolute Gasteiger partial charge is 0.0572 e. The van der Waals surface area contributed by atoms with Crippen LogP contribution in [-0.4, -0.2) is 37.2 Å². The zero-order valence-electron chi connectivity index (χ0n) is 8.05. The summed E-state index contributed by atoms with van der Waals surface area (Å²) in [5.41, 5.74) is 6.03. The molecule has 0 aromatic carbocycles. The van der Waals surface area contributed by atoms with E-state index in [1.165, 1.54) is 12.8 Å². The quantitative estimate of drug-likeness (QED) is 0.642. The predicted octanol–water partition coefficient (Wildman–Crippen LogP) is 0.367. The third-order valence-electron chi connectivity index (χ3n) is 2.47. The van der Waals surface area contributed by atoms with Crippen molar-refractivity contribution < 1.29 is 0 Å². The van der Waals surface area contributed by atoms with Crippen molar-refractivity contribution in [2.24, 2.45) is 5.73 Å². The summed E-state index contributed by atoms with van der Waals surface area (Å²) in [5.74, 6) is 0. The maximum Gasteiger partial charge on any atom is 0.0572 e. The van der Waals surface area contributed by atoms with Gasteiger partial charge in [0.15, 0.2) is 0 Å². The molecule has 0 radical (unpaired) electrons. The Kier molecular flexibility index (Phi) is 4.58. The summed E-state index contributed by atoms with van der Waals surface area (Å²) in [6.07, 6.45) is 3.95. The first-order valence-electron chi connectivity index (χ1n) is 5.05. The highest BCUT2D eigenvalue weighted by Gasteiger charge is 2.15. The van der Waals surface area contributed by atoms with E-state index in [-0.39, 0.29) is 0 Å². The van der Waals surface area contributed by atoms with Crippen molar-refractivity contribution in [3.05, 3.63) is 0 Å². The first-order chi connectivity index (χ1) is 5.84. The molecule has 1 atom stereocenters. The summed E-state index contributed by atoms with van der Waals surface area (Å²) in [7, 11) is 0. The van der Waals surface area contributed by atoms with Gasteiger partial charge in [0.05, 0.1) is 6.17 Å². The number of piperazine rings is 1. The van der Waals surface area contributed by atoms with Gasteiger partial charge in [-0.3, -0.25) is 4.90 Å². The molecule has 12 heavy (non-hydrogen) atoms. The summed E-state index contributed by atoms with van der Waals surface area (Å²) in [6.45, 7) is 6.64. The third-order valence-corrected chi connectivity index (χ3v) is 2.47. The van der Waals surface area contributed by atoms with E-state index in [0.29, 0.717) is 6.17 Å². The van der Waals surface area contributed by atoms with Gasteiger partial charge in [-0.25, -0.2) is 0 Å². The second kappa shape index (κ2) is 5.51. The topological polar surface area (TPSA) is 41.3 Å². The van der Waals surface area contributed by atoms with E-state index in [2.05, 4.69) is 17.1 Å². The Morgan fingerprint density at radius 2 is 2.08 bits per heavy atom. The van der Waals surface area contributed by atoms with Crippen LogP contribution in [0.3, 0.4) is 0 Å². The van der Waals surface area contributed by atoms with Gasteiger partial charge in [0, 0.05) is 26.2 Å². The van der Waals surface area contributed by atoms with Gasteiger partial charge >= 0.3 is 0 Å². The lowest BCUT2D eigenvalue weighted by molar-refractivity contribution is 0.166. The van der Waals surface area contributed by atoms with E-state index < -0.39 is 0 Å². The van der Waals surface area contributed by atoms with Crippen molar-refractivity contribution in [2.75, 3.05) is 26.2 Å². The zero-order chi connectivity index (χ0) is 8.81. The monoisotopic (exact) mass is 171 g/mol. The predicted molar refractivity (Wildman–Crippen MR) is 51.9 cm³/mol. The lowest BCUT2D eigenvalue weighted by Gasteiger charge is -2.32. The van der Waals surface area contributed by atoms with Crippen LogP contribution < -0.4 is 11.1 Å². The van der Waals surface area contributed by atoms with E-state index in [1.807, 2.05) is 0 Å². The minimum atomic E-state index is 0.298. The highest BCUT2D eigenvalue weighted by Crippen LogP contribution is 2.04. The molecular formula is C9H21N3. The number of nitrogens with zero attached hydrogens (tertiary/aromatic N) is 1. The molecule has 3 nitrogen and oxygen atoms in total. The molecule has 0 bridgehead atoms. The van der Waals surface area contributed by atoms with Gasteiger partial charge in [-0.15, -0.1) is 0 Å². The molecule has 1 unspecified atom stereocenters. The lowest BCUT2D eigenvalue weighted by atomic mass is 10.2. The van der Waals surface area contributed by atoms with E-state index in [9.17, 15) is 0 Å². The summed E-state index contributed by atoms with van der Waals surface area (Å²) in [4.78, 5) is 2.38. The Bertz CT molecular complexity index is 110. The Morgan fingerprint density at radius 3 is 2.67 bits per heavy atom. The number of hydrogen-bond acceptors (Lipinski definition) is 3. The molecule has 1 heterocycles. The van der Waals surface area contributed by atoms with Crippen LogP contribution >= 0.6 is 0 Å². The first-order valence-corrected chi connectivity index (χ1v) is 5.05. The average Bonchev–Trinajstić information content (AvgIpc) is 2.15. The van der Waals surface area contributed by atoms with Crippen LogP contribution in [0.2, 0.25) is 0 Å². The van der Waals surface area contributed by atoms with E-state index in [1.54, 1.807) is 0 Å². The van der Waals surface area contributed by atoms with Gasteiger partial charge < -0.3 is 11.1 Å². The fraction of sp³-hybridized carbons (Fsp3) is 1.00. The number of hydrogen-bond donors (Lipinski definition) is 2. The van der Waals surface area contributed by atoms with Crippen molar-refractivity contribution in [2.45, 2.75) is 32.4 Å². The van der Waals surface area contributed by atoms with E-state index >= 15 is 0 Å². The number of rotatable bonds is 4. The molecule has 1 rings (SSSR count). The Hall–Kier alpha value is -0.120. The molecule has 1 saturated heterocycles. The summed E-state index contributed by atoms with van der Waals surface area (Å²) in [6, 6.07) is 0. The van der Waals surface area contributed by atoms with Gasteiger partial charge in [-0.05, 0) is 6.42 Å². The molecule has 0 amide bonds. The van der Waals surface area contributed by atoms with Crippen molar-refractivity contribution >= 4 is 0 Å². The molecular weight excluding hydrogens is 150 g/mol. The summed E-state index contributed by atoms with van der Waals surface area (Å²) in [5, 5.41) is 3.33. The van der Waals surface area contributed by atoms with Crippen molar-refractivity contribution in [3.8, 4) is 0 Å². The molecule has 0 aliphatic carbocycles. The standard InChI is InChI=1S/C9H21N3/c1-2-3-4-9(10)12-7-5-11-6-8-12/h9,11H,2-8,10H2,1H3. The maximum atomic E-state index is 6.03. The molecule has 72 valence electrons. The molecule has 1 fully saturated rings. The molecule has 3 heteroatoms. The molecule has 3 N–H and O–H groups in total. The molecule has 0 aromatic rings. The van der Waals surface area contributed by atoms with Crippen LogP contribution in [0.1, 0.15) is 26.2 Å². The van der Waals surface area contributed by atoms with Crippen molar-refractivity contribution in [1.29, 1.82) is 0 Å².